The molecule has 1 saturated carbocycles. The van der Waals surface area contributed by atoms with Crippen LogP contribution in [0.2, 0.25) is 0 Å². The van der Waals surface area contributed by atoms with Crippen LogP contribution < -0.4 is 10.6 Å². The largest absolute Gasteiger partial charge is 0.325 e. The molecule has 0 heterocycles. The quantitative estimate of drug-likeness (QED) is 0.848. The standard InChI is InChI=1S/C14H19BrN2O/c1-10(11-5-6-11)8-16-9-14(18)17-13-4-2-3-12(15)7-13/h2-4,7,10-11,16H,5-6,8-9H2,1H3,(H,17,18). The molecule has 4 heteroatoms. The van der Waals surface area contributed by atoms with E-state index in [1.54, 1.807) is 0 Å². The molecule has 0 aliphatic heterocycles. The van der Waals surface area contributed by atoms with Crippen molar-refractivity contribution in [1.82, 2.24) is 5.32 Å². The summed E-state index contributed by atoms with van der Waals surface area (Å²) in [7, 11) is 0. The van der Waals surface area contributed by atoms with E-state index in [1.807, 2.05) is 24.3 Å². The van der Waals surface area contributed by atoms with E-state index >= 15 is 0 Å². The number of anilines is 1. The molecule has 1 fully saturated rings. The lowest BCUT2D eigenvalue weighted by molar-refractivity contribution is -0.115. The molecule has 1 unspecified atom stereocenters. The highest BCUT2D eigenvalue weighted by molar-refractivity contribution is 9.10. The molecule has 1 aromatic carbocycles. The molecule has 0 bridgehead atoms. The smallest absolute Gasteiger partial charge is 0.238 e. The molecular formula is C14H19BrN2O. The minimum absolute atomic E-state index is 0.0103. The van der Waals surface area contributed by atoms with E-state index in [-0.39, 0.29) is 5.91 Å². The summed E-state index contributed by atoms with van der Waals surface area (Å²) < 4.78 is 0.968. The van der Waals surface area contributed by atoms with Gasteiger partial charge in [0.2, 0.25) is 5.91 Å². The van der Waals surface area contributed by atoms with Crippen molar-refractivity contribution < 1.29 is 4.79 Å². The van der Waals surface area contributed by atoms with Crippen molar-refractivity contribution in [2.75, 3.05) is 18.4 Å². The summed E-state index contributed by atoms with van der Waals surface area (Å²) in [4.78, 5) is 11.7. The lowest BCUT2D eigenvalue weighted by atomic mass is 10.1. The Morgan fingerprint density at radius 3 is 2.94 bits per heavy atom. The highest BCUT2D eigenvalue weighted by Crippen LogP contribution is 2.35. The Morgan fingerprint density at radius 1 is 1.50 bits per heavy atom. The van der Waals surface area contributed by atoms with E-state index in [0.717, 1.165) is 22.6 Å². The van der Waals surface area contributed by atoms with E-state index in [4.69, 9.17) is 0 Å². The first-order valence-electron chi connectivity index (χ1n) is 6.41. The van der Waals surface area contributed by atoms with Crippen molar-refractivity contribution in [2.24, 2.45) is 11.8 Å². The maximum absolute atomic E-state index is 11.7. The van der Waals surface area contributed by atoms with Crippen LogP contribution in [-0.2, 0) is 4.79 Å². The van der Waals surface area contributed by atoms with Crippen LogP contribution in [0.4, 0.5) is 5.69 Å². The number of rotatable bonds is 6. The Balaban J connectivity index is 1.68. The van der Waals surface area contributed by atoms with Crippen LogP contribution in [-0.4, -0.2) is 19.0 Å². The molecule has 0 aromatic heterocycles. The van der Waals surface area contributed by atoms with Gasteiger partial charge in [0.1, 0.15) is 0 Å². The molecule has 0 saturated heterocycles. The van der Waals surface area contributed by atoms with Crippen LogP contribution in [0.5, 0.6) is 0 Å². The van der Waals surface area contributed by atoms with Gasteiger partial charge in [-0.25, -0.2) is 0 Å². The SMILES string of the molecule is CC(CNCC(=O)Nc1cccc(Br)c1)C1CC1. The summed E-state index contributed by atoms with van der Waals surface area (Å²) >= 11 is 3.38. The van der Waals surface area contributed by atoms with E-state index in [0.29, 0.717) is 12.5 Å². The molecule has 2 rings (SSSR count). The lowest BCUT2D eigenvalue weighted by Gasteiger charge is -2.11. The molecule has 0 radical (unpaired) electrons. The predicted molar refractivity (Wildman–Crippen MR) is 77.5 cm³/mol. The van der Waals surface area contributed by atoms with Gasteiger partial charge in [-0.1, -0.05) is 28.9 Å². The number of hydrogen-bond donors (Lipinski definition) is 2. The average Bonchev–Trinajstić information content (AvgIpc) is 3.12. The van der Waals surface area contributed by atoms with Gasteiger partial charge in [-0.05, 0) is 49.4 Å². The van der Waals surface area contributed by atoms with Gasteiger partial charge >= 0.3 is 0 Å². The molecule has 1 amide bonds. The van der Waals surface area contributed by atoms with E-state index in [2.05, 4.69) is 33.5 Å². The normalized spacial score (nSPS) is 16.3. The minimum atomic E-state index is 0.0103. The molecule has 18 heavy (non-hydrogen) atoms. The fourth-order valence-electron chi connectivity index (χ4n) is 2.02. The Labute approximate surface area is 116 Å². The Kier molecular flexibility index (Phi) is 4.78. The topological polar surface area (TPSA) is 41.1 Å². The first-order valence-corrected chi connectivity index (χ1v) is 7.20. The first kappa shape index (κ1) is 13.6. The Hall–Kier alpha value is -0.870. The summed E-state index contributed by atoms with van der Waals surface area (Å²) in [5.74, 6) is 1.57. The molecule has 3 nitrogen and oxygen atoms in total. The van der Waals surface area contributed by atoms with Crippen LogP contribution >= 0.6 is 15.9 Å². The second kappa shape index (κ2) is 6.34. The number of nitrogens with one attached hydrogen (secondary N) is 2. The van der Waals surface area contributed by atoms with E-state index in [1.165, 1.54) is 12.8 Å². The molecule has 0 spiro atoms. The van der Waals surface area contributed by atoms with Gasteiger partial charge in [0.15, 0.2) is 0 Å². The number of amides is 1. The second-order valence-corrected chi connectivity index (χ2v) is 5.92. The maximum Gasteiger partial charge on any atom is 0.238 e. The van der Waals surface area contributed by atoms with Crippen LogP contribution in [0.15, 0.2) is 28.7 Å². The van der Waals surface area contributed by atoms with Gasteiger partial charge in [0, 0.05) is 10.2 Å². The molecule has 1 aromatic rings. The molecule has 1 atom stereocenters. The van der Waals surface area contributed by atoms with Crippen LogP contribution in [0.3, 0.4) is 0 Å². The van der Waals surface area contributed by atoms with Crippen molar-refractivity contribution in [3.63, 3.8) is 0 Å². The molecule has 2 N–H and O–H groups in total. The van der Waals surface area contributed by atoms with Gasteiger partial charge in [-0.3, -0.25) is 4.79 Å². The van der Waals surface area contributed by atoms with Crippen molar-refractivity contribution in [1.29, 1.82) is 0 Å². The summed E-state index contributed by atoms with van der Waals surface area (Å²) in [6.07, 6.45) is 2.71. The summed E-state index contributed by atoms with van der Waals surface area (Å²) in [5, 5.41) is 6.09. The van der Waals surface area contributed by atoms with Crippen LogP contribution in [0.25, 0.3) is 0 Å². The van der Waals surface area contributed by atoms with Crippen LogP contribution in [0, 0.1) is 11.8 Å². The molecule has 1 aliphatic carbocycles. The van der Waals surface area contributed by atoms with Crippen molar-refractivity contribution in [3.8, 4) is 0 Å². The van der Waals surface area contributed by atoms with Gasteiger partial charge in [-0.15, -0.1) is 0 Å². The highest BCUT2D eigenvalue weighted by atomic mass is 79.9. The van der Waals surface area contributed by atoms with Crippen LogP contribution in [0.1, 0.15) is 19.8 Å². The third-order valence-electron chi connectivity index (χ3n) is 3.29. The third-order valence-corrected chi connectivity index (χ3v) is 3.78. The Morgan fingerprint density at radius 2 is 2.28 bits per heavy atom. The van der Waals surface area contributed by atoms with Crippen molar-refractivity contribution in [2.45, 2.75) is 19.8 Å². The zero-order valence-electron chi connectivity index (χ0n) is 10.6. The average molecular weight is 311 g/mol. The second-order valence-electron chi connectivity index (χ2n) is 5.00. The molecular weight excluding hydrogens is 292 g/mol. The number of carbonyl (C=O) groups is 1. The van der Waals surface area contributed by atoms with Gasteiger partial charge in [0.05, 0.1) is 6.54 Å². The zero-order chi connectivity index (χ0) is 13.0. The molecule has 98 valence electrons. The van der Waals surface area contributed by atoms with E-state index in [9.17, 15) is 4.79 Å². The minimum Gasteiger partial charge on any atom is -0.325 e. The highest BCUT2D eigenvalue weighted by Gasteiger charge is 2.27. The Bertz CT molecular complexity index is 418. The summed E-state index contributed by atoms with van der Waals surface area (Å²) in [5.41, 5.74) is 0.825. The fourth-order valence-corrected chi connectivity index (χ4v) is 2.42. The monoisotopic (exact) mass is 310 g/mol. The van der Waals surface area contributed by atoms with Crippen molar-refractivity contribution in [3.05, 3.63) is 28.7 Å². The summed E-state index contributed by atoms with van der Waals surface area (Å²) in [6.45, 7) is 3.55. The fraction of sp³-hybridized carbons (Fsp3) is 0.500. The summed E-state index contributed by atoms with van der Waals surface area (Å²) in [6, 6.07) is 7.62. The van der Waals surface area contributed by atoms with Gasteiger partial charge < -0.3 is 10.6 Å². The van der Waals surface area contributed by atoms with Gasteiger partial charge in [0.25, 0.3) is 0 Å². The maximum atomic E-state index is 11.7. The predicted octanol–water partition coefficient (Wildman–Crippen LogP) is 3.02. The zero-order valence-corrected chi connectivity index (χ0v) is 12.2. The van der Waals surface area contributed by atoms with Gasteiger partial charge in [-0.2, -0.15) is 0 Å². The van der Waals surface area contributed by atoms with E-state index < -0.39 is 0 Å². The number of benzene rings is 1. The number of hydrogen-bond acceptors (Lipinski definition) is 2. The first-order chi connectivity index (χ1) is 8.65. The number of halogens is 1. The number of carbonyl (C=O) groups excluding carboxylic acids is 1. The molecule has 1 aliphatic rings. The lowest BCUT2D eigenvalue weighted by Crippen LogP contribution is -2.31. The third kappa shape index (κ3) is 4.42. The van der Waals surface area contributed by atoms with Crippen molar-refractivity contribution >= 4 is 27.5 Å².